The normalized spacial score (nSPS) is 20.6. The molecule has 0 bridgehead atoms. The second-order valence-electron chi connectivity index (χ2n) is 5.72. The van der Waals surface area contributed by atoms with Gasteiger partial charge in [0.05, 0.1) is 0 Å². The monoisotopic (exact) mass is 248 g/mol. The van der Waals surface area contributed by atoms with E-state index >= 15 is 0 Å². The molecule has 0 saturated heterocycles. The molecule has 1 aliphatic carbocycles. The van der Waals surface area contributed by atoms with Crippen LogP contribution in [0.15, 0.2) is 6.07 Å². The zero-order valence-electron chi connectivity index (χ0n) is 11.9. The van der Waals surface area contributed by atoms with Crippen LogP contribution in [0.2, 0.25) is 0 Å². The van der Waals surface area contributed by atoms with Crippen molar-refractivity contribution in [3.05, 3.63) is 11.9 Å². The maximum atomic E-state index is 4.54. The largest absolute Gasteiger partial charge is 0.370 e. The summed E-state index contributed by atoms with van der Waals surface area (Å²) in [4.78, 5) is 9.03. The van der Waals surface area contributed by atoms with Gasteiger partial charge in [0.2, 0.25) is 0 Å². The van der Waals surface area contributed by atoms with Crippen LogP contribution in [0.3, 0.4) is 0 Å². The van der Waals surface area contributed by atoms with Crippen LogP contribution in [0.25, 0.3) is 0 Å². The molecule has 0 amide bonds. The highest BCUT2D eigenvalue weighted by molar-refractivity contribution is 5.49. The lowest BCUT2D eigenvalue weighted by atomic mass is 10.2. The SMILES string of the molecule is CCCNc1cc(NC2CC2(C)C)nc(CC)n1. The van der Waals surface area contributed by atoms with Crippen LogP contribution in [0.1, 0.15) is 46.4 Å². The first-order chi connectivity index (χ1) is 8.55. The summed E-state index contributed by atoms with van der Waals surface area (Å²) in [5, 5.41) is 6.84. The third-order valence-electron chi connectivity index (χ3n) is 3.48. The zero-order chi connectivity index (χ0) is 13.2. The average Bonchev–Trinajstić information content (AvgIpc) is 2.93. The quantitative estimate of drug-likeness (QED) is 0.812. The predicted molar refractivity (Wildman–Crippen MR) is 76.0 cm³/mol. The van der Waals surface area contributed by atoms with Crippen molar-refractivity contribution >= 4 is 11.6 Å². The first-order valence-corrected chi connectivity index (χ1v) is 6.93. The van der Waals surface area contributed by atoms with Gasteiger partial charge in [-0.05, 0) is 18.3 Å². The van der Waals surface area contributed by atoms with Crippen LogP contribution in [-0.4, -0.2) is 22.6 Å². The maximum Gasteiger partial charge on any atom is 0.132 e. The van der Waals surface area contributed by atoms with Crippen molar-refractivity contribution in [3.63, 3.8) is 0 Å². The van der Waals surface area contributed by atoms with Crippen LogP contribution in [0, 0.1) is 5.41 Å². The van der Waals surface area contributed by atoms with Crippen molar-refractivity contribution in [3.8, 4) is 0 Å². The molecule has 1 aromatic heterocycles. The molecule has 1 aliphatic rings. The second-order valence-corrected chi connectivity index (χ2v) is 5.72. The van der Waals surface area contributed by atoms with E-state index in [0.717, 1.165) is 36.8 Å². The minimum absolute atomic E-state index is 0.411. The Morgan fingerprint density at radius 3 is 2.50 bits per heavy atom. The van der Waals surface area contributed by atoms with Gasteiger partial charge in [-0.25, -0.2) is 9.97 Å². The van der Waals surface area contributed by atoms with E-state index in [1.165, 1.54) is 6.42 Å². The average molecular weight is 248 g/mol. The van der Waals surface area contributed by atoms with Crippen LogP contribution in [-0.2, 0) is 6.42 Å². The van der Waals surface area contributed by atoms with E-state index in [1.54, 1.807) is 0 Å². The highest BCUT2D eigenvalue weighted by Crippen LogP contribution is 2.46. The Labute approximate surface area is 110 Å². The molecule has 4 nitrogen and oxygen atoms in total. The van der Waals surface area contributed by atoms with Crippen molar-refractivity contribution in [2.24, 2.45) is 5.41 Å². The smallest absolute Gasteiger partial charge is 0.132 e. The Balaban J connectivity index is 2.08. The highest BCUT2D eigenvalue weighted by Gasteiger charge is 2.45. The number of nitrogens with one attached hydrogen (secondary N) is 2. The molecule has 18 heavy (non-hydrogen) atoms. The molecule has 100 valence electrons. The van der Waals surface area contributed by atoms with E-state index in [0.29, 0.717) is 11.5 Å². The molecule has 0 spiro atoms. The number of anilines is 2. The molecule has 0 aliphatic heterocycles. The molecule has 2 N–H and O–H groups in total. The molecular weight excluding hydrogens is 224 g/mol. The molecule has 0 radical (unpaired) electrons. The summed E-state index contributed by atoms with van der Waals surface area (Å²) in [6, 6.07) is 2.57. The third kappa shape index (κ3) is 3.12. The van der Waals surface area contributed by atoms with Crippen molar-refractivity contribution in [1.29, 1.82) is 0 Å². The lowest BCUT2D eigenvalue weighted by molar-refractivity contribution is 0.629. The molecule has 1 heterocycles. The number of hydrogen-bond acceptors (Lipinski definition) is 4. The van der Waals surface area contributed by atoms with Crippen LogP contribution in [0.5, 0.6) is 0 Å². The minimum atomic E-state index is 0.411. The maximum absolute atomic E-state index is 4.54. The Kier molecular flexibility index (Phi) is 3.73. The second kappa shape index (κ2) is 5.12. The Bertz CT molecular complexity index is 414. The molecular formula is C14H24N4. The Morgan fingerprint density at radius 2 is 1.94 bits per heavy atom. The molecule has 1 unspecified atom stereocenters. The summed E-state index contributed by atoms with van der Waals surface area (Å²) in [5.74, 6) is 2.79. The van der Waals surface area contributed by atoms with Crippen molar-refractivity contribution < 1.29 is 0 Å². The van der Waals surface area contributed by atoms with Gasteiger partial charge in [-0.3, -0.25) is 0 Å². The van der Waals surface area contributed by atoms with Gasteiger partial charge < -0.3 is 10.6 Å². The van der Waals surface area contributed by atoms with Crippen LogP contribution in [0.4, 0.5) is 11.6 Å². The molecule has 1 fully saturated rings. The van der Waals surface area contributed by atoms with Crippen LogP contribution < -0.4 is 10.6 Å². The van der Waals surface area contributed by atoms with Gasteiger partial charge in [0, 0.05) is 25.1 Å². The van der Waals surface area contributed by atoms with E-state index in [4.69, 9.17) is 0 Å². The molecule has 1 aromatic rings. The van der Waals surface area contributed by atoms with E-state index in [1.807, 2.05) is 6.07 Å². The summed E-state index contributed by atoms with van der Waals surface area (Å²) in [5.41, 5.74) is 0.411. The van der Waals surface area contributed by atoms with Gasteiger partial charge >= 0.3 is 0 Å². The number of aromatic nitrogens is 2. The third-order valence-corrected chi connectivity index (χ3v) is 3.48. The first-order valence-electron chi connectivity index (χ1n) is 6.93. The molecule has 1 saturated carbocycles. The summed E-state index contributed by atoms with van der Waals surface area (Å²) < 4.78 is 0. The Morgan fingerprint density at radius 1 is 1.28 bits per heavy atom. The molecule has 4 heteroatoms. The van der Waals surface area contributed by atoms with Gasteiger partial charge in [-0.1, -0.05) is 27.7 Å². The van der Waals surface area contributed by atoms with E-state index in [9.17, 15) is 0 Å². The number of rotatable bonds is 6. The summed E-state index contributed by atoms with van der Waals surface area (Å²) in [6.07, 6.45) is 3.18. The fourth-order valence-corrected chi connectivity index (χ4v) is 1.96. The van der Waals surface area contributed by atoms with E-state index < -0.39 is 0 Å². The standard InChI is InChI=1S/C14H24N4/c1-5-7-15-12-8-13(18-11(6-2)17-12)16-10-9-14(10,3)4/h8,10H,5-7,9H2,1-4H3,(H2,15,16,17,18). The fourth-order valence-electron chi connectivity index (χ4n) is 1.96. The number of hydrogen-bond donors (Lipinski definition) is 2. The van der Waals surface area contributed by atoms with Gasteiger partial charge in [0.1, 0.15) is 17.5 Å². The molecule has 0 aromatic carbocycles. The number of aryl methyl sites for hydroxylation is 1. The highest BCUT2D eigenvalue weighted by atomic mass is 15.1. The molecule has 1 atom stereocenters. The van der Waals surface area contributed by atoms with Crippen molar-refractivity contribution in [2.75, 3.05) is 17.2 Å². The van der Waals surface area contributed by atoms with Gasteiger partial charge in [-0.15, -0.1) is 0 Å². The van der Waals surface area contributed by atoms with Crippen molar-refractivity contribution in [2.45, 2.75) is 53.0 Å². The first kappa shape index (κ1) is 13.1. The Hall–Kier alpha value is -1.32. The number of nitrogens with zero attached hydrogens (tertiary/aromatic N) is 2. The zero-order valence-corrected chi connectivity index (χ0v) is 11.9. The fraction of sp³-hybridized carbons (Fsp3) is 0.714. The van der Waals surface area contributed by atoms with Crippen LogP contribution >= 0.6 is 0 Å². The topological polar surface area (TPSA) is 49.8 Å². The van der Waals surface area contributed by atoms with Gasteiger partial charge in [0.15, 0.2) is 0 Å². The molecule has 2 rings (SSSR count). The van der Waals surface area contributed by atoms with Gasteiger partial charge in [0.25, 0.3) is 0 Å². The predicted octanol–water partition coefficient (Wildman–Crippen LogP) is 3.07. The lowest BCUT2D eigenvalue weighted by Crippen LogP contribution is -2.12. The lowest BCUT2D eigenvalue weighted by Gasteiger charge is -2.11. The summed E-state index contributed by atoms with van der Waals surface area (Å²) in [7, 11) is 0. The van der Waals surface area contributed by atoms with E-state index in [2.05, 4.69) is 48.3 Å². The van der Waals surface area contributed by atoms with Gasteiger partial charge in [-0.2, -0.15) is 0 Å². The van der Waals surface area contributed by atoms with Crippen molar-refractivity contribution in [1.82, 2.24) is 9.97 Å². The van der Waals surface area contributed by atoms with E-state index in [-0.39, 0.29) is 0 Å². The summed E-state index contributed by atoms with van der Waals surface area (Å²) >= 11 is 0. The summed E-state index contributed by atoms with van der Waals surface area (Å²) in [6.45, 7) is 9.75. The minimum Gasteiger partial charge on any atom is -0.370 e.